The van der Waals surface area contributed by atoms with Crippen molar-refractivity contribution in [1.82, 2.24) is 15.5 Å². The summed E-state index contributed by atoms with van der Waals surface area (Å²) in [4.78, 5) is 36.8. The second-order valence-corrected chi connectivity index (χ2v) is 5.95. The maximum absolute atomic E-state index is 12.0. The van der Waals surface area contributed by atoms with Crippen molar-refractivity contribution in [2.24, 2.45) is 0 Å². The number of hydrogen-bond acceptors (Lipinski definition) is 5. The van der Waals surface area contributed by atoms with Gasteiger partial charge in [0.05, 0.1) is 26.7 Å². The first-order valence-corrected chi connectivity index (χ1v) is 7.98. The van der Waals surface area contributed by atoms with Gasteiger partial charge in [-0.05, 0) is 45.2 Å². The SMILES string of the molecule is COc1ccc(NC(=O)CN(C)CC(=O)NCC(=O)NC(C)C)cc1. The Morgan fingerprint density at radius 2 is 1.64 bits per heavy atom. The van der Waals surface area contributed by atoms with Gasteiger partial charge in [-0.1, -0.05) is 0 Å². The second kappa shape index (κ2) is 10.3. The fourth-order valence-corrected chi connectivity index (χ4v) is 2.03. The van der Waals surface area contributed by atoms with E-state index in [1.165, 1.54) is 0 Å². The summed E-state index contributed by atoms with van der Waals surface area (Å²) in [6.07, 6.45) is 0. The van der Waals surface area contributed by atoms with Crippen LogP contribution in [0.1, 0.15) is 13.8 Å². The van der Waals surface area contributed by atoms with E-state index in [0.717, 1.165) is 0 Å². The maximum Gasteiger partial charge on any atom is 0.239 e. The number of rotatable bonds is 9. The molecule has 1 aromatic carbocycles. The van der Waals surface area contributed by atoms with E-state index < -0.39 is 0 Å². The zero-order valence-corrected chi connectivity index (χ0v) is 15.1. The van der Waals surface area contributed by atoms with Crippen molar-refractivity contribution < 1.29 is 19.1 Å². The molecule has 0 aliphatic carbocycles. The number of carbonyl (C=O) groups is 3. The largest absolute Gasteiger partial charge is 0.497 e. The smallest absolute Gasteiger partial charge is 0.239 e. The fraction of sp³-hybridized carbons (Fsp3) is 0.471. The number of benzene rings is 1. The molecule has 0 aliphatic rings. The molecular weight excluding hydrogens is 324 g/mol. The molecule has 0 saturated heterocycles. The highest BCUT2D eigenvalue weighted by Crippen LogP contribution is 2.14. The molecule has 0 bridgehead atoms. The molecular formula is C17H26N4O4. The molecule has 0 saturated carbocycles. The van der Waals surface area contributed by atoms with Gasteiger partial charge in [0.25, 0.3) is 0 Å². The molecule has 0 spiro atoms. The third kappa shape index (κ3) is 8.71. The Hall–Kier alpha value is -2.61. The lowest BCUT2D eigenvalue weighted by Crippen LogP contribution is -2.44. The lowest BCUT2D eigenvalue weighted by atomic mass is 10.3. The molecule has 25 heavy (non-hydrogen) atoms. The standard InChI is InChI=1S/C17H26N4O4/c1-12(2)19-15(22)9-18-16(23)10-21(3)11-17(24)20-13-5-7-14(25-4)8-6-13/h5-8,12H,9-11H2,1-4H3,(H,18,23)(H,19,22)(H,20,24). The van der Waals surface area contributed by atoms with Crippen LogP contribution in [-0.2, 0) is 14.4 Å². The Bertz CT molecular complexity index is 587. The van der Waals surface area contributed by atoms with Crippen molar-refractivity contribution in [1.29, 1.82) is 0 Å². The van der Waals surface area contributed by atoms with E-state index in [4.69, 9.17) is 4.74 Å². The quantitative estimate of drug-likeness (QED) is 0.591. The van der Waals surface area contributed by atoms with E-state index in [1.54, 1.807) is 43.3 Å². The molecule has 3 N–H and O–H groups in total. The molecule has 0 unspecified atom stereocenters. The monoisotopic (exact) mass is 350 g/mol. The number of nitrogens with zero attached hydrogens (tertiary/aromatic N) is 1. The van der Waals surface area contributed by atoms with Gasteiger partial charge in [0.2, 0.25) is 17.7 Å². The van der Waals surface area contributed by atoms with Crippen LogP contribution >= 0.6 is 0 Å². The number of nitrogens with one attached hydrogen (secondary N) is 3. The first-order chi connectivity index (χ1) is 11.8. The summed E-state index contributed by atoms with van der Waals surface area (Å²) in [6, 6.07) is 6.98. The van der Waals surface area contributed by atoms with Crippen LogP contribution in [-0.4, -0.2) is 62.5 Å². The number of methoxy groups -OCH3 is 1. The van der Waals surface area contributed by atoms with Gasteiger partial charge in [-0.25, -0.2) is 0 Å². The van der Waals surface area contributed by atoms with Gasteiger partial charge in [-0.2, -0.15) is 0 Å². The fourth-order valence-electron chi connectivity index (χ4n) is 2.03. The van der Waals surface area contributed by atoms with Crippen LogP contribution in [0.25, 0.3) is 0 Å². The summed E-state index contributed by atoms with van der Waals surface area (Å²) >= 11 is 0. The van der Waals surface area contributed by atoms with Gasteiger partial charge >= 0.3 is 0 Å². The van der Waals surface area contributed by atoms with E-state index in [1.807, 2.05) is 13.8 Å². The van der Waals surface area contributed by atoms with Crippen LogP contribution < -0.4 is 20.7 Å². The van der Waals surface area contributed by atoms with Crippen LogP contribution in [0.15, 0.2) is 24.3 Å². The lowest BCUT2D eigenvalue weighted by Gasteiger charge is -2.16. The van der Waals surface area contributed by atoms with E-state index in [0.29, 0.717) is 11.4 Å². The molecule has 138 valence electrons. The van der Waals surface area contributed by atoms with Crippen LogP contribution in [0.3, 0.4) is 0 Å². The second-order valence-electron chi connectivity index (χ2n) is 5.95. The van der Waals surface area contributed by atoms with Crippen LogP contribution in [0.4, 0.5) is 5.69 Å². The van der Waals surface area contributed by atoms with Crippen molar-refractivity contribution >= 4 is 23.4 Å². The minimum Gasteiger partial charge on any atom is -0.497 e. The molecule has 0 radical (unpaired) electrons. The molecule has 8 nitrogen and oxygen atoms in total. The Morgan fingerprint density at radius 3 is 2.20 bits per heavy atom. The third-order valence-corrected chi connectivity index (χ3v) is 3.10. The molecule has 0 heterocycles. The molecule has 0 fully saturated rings. The van der Waals surface area contributed by atoms with Gasteiger partial charge in [0, 0.05) is 11.7 Å². The number of hydrogen-bond donors (Lipinski definition) is 3. The highest BCUT2D eigenvalue weighted by molar-refractivity contribution is 5.92. The van der Waals surface area contributed by atoms with Crippen molar-refractivity contribution in [2.75, 3.05) is 39.1 Å². The summed E-state index contributed by atoms with van der Waals surface area (Å²) < 4.78 is 5.05. The summed E-state index contributed by atoms with van der Waals surface area (Å²) in [7, 11) is 3.22. The average Bonchev–Trinajstić information content (AvgIpc) is 2.52. The Kier molecular flexibility index (Phi) is 8.42. The molecule has 0 aromatic heterocycles. The van der Waals surface area contributed by atoms with Crippen LogP contribution in [0.2, 0.25) is 0 Å². The summed E-state index contributed by atoms with van der Waals surface area (Å²) in [5, 5.41) is 7.93. The molecule has 0 atom stereocenters. The van der Waals surface area contributed by atoms with E-state index in [-0.39, 0.29) is 43.4 Å². The molecule has 1 aromatic rings. The lowest BCUT2D eigenvalue weighted by molar-refractivity contribution is -0.127. The Labute approximate surface area is 147 Å². The van der Waals surface area contributed by atoms with Crippen molar-refractivity contribution in [2.45, 2.75) is 19.9 Å². The van der Waals surface area contributed by atoms with Gasteiger partial charge in [-0.3, -0.25) is 19.3 Å². The number of ether oxygens (including phenoxy) is 1. The highest BCUT2D eigenvalue weighted by atomic mass is 16.5. The van der Waals surface area contributed by atoms with Crippen molar-refractivity contribution in [3.05, 3.63) is 24.3 Å². The molecule has 3 amide bonds. The number of amides is 3. The molecule has 8 heteroatoms. The highest BCUT2D eigenvalue weighted by Gasteiger charge is 2.12. The minimum atomic E-state index is -0.321. The molecule has 1 rings (SSSR count). The van der Waals surface area contributed by atoms with Crippen molar-refractivity contribution in [3.8, 4) is 5.75 Å². The topological polar surface area (TPSA) is 99.8 Å². The predicted octanol–water partition coefficient (Wildman–Crippen LogP) is 0.206. The predicted molar refractivity (Wildman–Crippen MR) is 95.4 cm³/mol. The normalized spacial score (nSPS) is 10.5. The average molecular weight is 350 g/mol. The van der Waals surface area contributed by atoms with E-state index in [2.05, 4.69) is 16.0 Å². The first kappa shape index (κ1) is 20.4. The maximum atomic E-state index is 12.0. The zero-order chi connectivity index (χ0) is 18.8. The minimum absolute atomic E-state index is 0.0188. The third-order valence-electron chi connectivity index (χ3n) is 3.10. The summed E-state index contributed by atoms with van der Waals surface area (Å²) in [5.74, 6) is -0.104. The number of carbonyl (C=O) groups excluding carboxylic acids is 3. The zero-order valence-electron chi connectivity index (χ0n) is 15.1. The number of anilines is 1. The van der Waals surface area contributed by atoms with Gasteiger partial charge in [0.1, 0.15) is 5.75 Å². The number of likely N-dealkylation sites (N-methyl/N-ethyl adjacent to an activating group) is 1. The van der Waals surface area contributed by atoms with E-state index in [9.17, 15) is 14.4 Å². The summed E-state index contributed by atoms with van der Waals surface area (Å²) in [5.41, 5.74) is 0.647. The van der Waals surface area contributed by atoms with Crippen LogP contribution in [0, 0.1) is 0 Å². The molecule has 0 aliphatic heterocycles. The van der Waals surface area contributed by atoms with Crippen LogP contribution in [0.5, 0.6) is 5.75 Å². The van der Waals surface area contributed by atoms with E-state index >= 15 is 0 Å². The Morgan fingerprint density at radius 1 is 1.04 bits per heavy atom. The van der Waals surface area contributed by atoms with Gasteiger partial charge in [0.15, 0.2) is 0 Å². The van der Waals surface area contributed by atoms with Gasteiger partial charge in [-0.15, -0.1) is 0 Å². The van der Waals surface area contributed by atoms with Gasteiger partial charge < -0.3 is 20.7 Å². The van der Waals surface area contributed by atoms with Crippen molar-refractivity contribution in [3.63, 3.8) is 0 Å². The Balaban J connectivity index is 2.32. The first-order valence-electron chi connectivity index (χ1n) is 7.98. The summed E-state index contributed by atoms with van der Waals surface area (Å²) in [6.45, 7) is 3.68.